The van der Waals surface area contributed by atoms with E-state index in [9.17, 15) is 14.4 Å². The number of nitrogens with one attached hydrogen (secondary N) is 1. The van der Waals surface area contributed by atoms with E-state index in [4.69, 9.17) is 10.2 Å². The third kappa shape index (κ3) is 5.13. The van der Waals surface area contributed by atoms with Crippen LogP contribution >= 0.6 is 0 Å². The van der Waals surface area contributed by atoms with E-state index in [1.807, 2.05) is 13.8 Å². The van der Waals surface area contributed by atoms with Gasteiger partial charge in [-0.3, -0.25) is 9.59 Å². The molecule has 0 aliphatic rings. The Morgan fingerprint density at radius 1 is 1.28 bits per heavy atom. The number of aliphatic carboxylic acids is 1. The molecule has 104 valence electrons. The van der Waals surface area contributed by atoms with E-state index in [2.05, 4.69) is 10.1 Å². The van der Waals surface area contributed by atoms with Gasteiger partial charge < -0.3 is 20.3 Å². The maximum absolute atomic E-state index is 11.8. The fraction of sp³-hybridized carbons (Fsp3) is 0.727. The largest absolute Gasteiger partial charge is 0.480 e. The molecule has 0 aromatic rings. The minimum absolute atomic E-state index is 0.0669. The van der Waals surface area contributed by atoms with Gasteiger partial charge in [-0.25, -0.2) is 4.79 Å². The van der Waals surface area contributed by atoms with E-state index < -0.39 is 36.4 Å². The smallest absolute Gasteiger partial charge is 0.328 e. The maximum Gasteiger partial charge on any atom is 0.328 e. The Labute approximate surface area is 105 Å². The summed E-state index contributed by atoms with van der Waals surface area (Å²) in [5, 5.41) is 19.6. The number of esters is 1. The first kappa shape index (κ1) is 16.4. The van der Waals surface area contributed by atoms with Crippen LogP contribution in [0.15, 0.2) is 0 Å². The van der Waals surface area contributed by atoms with Gasteiger partial charge in [-0.2, -0.15) is 0 Å². The van der Waals surface area contributed by atoms with Crippen molar-refractivity contribution in [3.05, 3.63) is 0 Å². The number of rotatable bonds is 7. The predicted octanol–water partition coefficient (Wildman–Crippen LogP) is -0.617. The van der Waals surface area contributed by atoms with Crippen LogP contribution in [0, 0.1) is 11.8 Å². The predicted molar refractivity (Wildman–Crippen MR) is 61.6 cm³/mol. The van der Waals surface area contributed by atoms with Gasteiger partial charge in [-0.05, 0) is 12.3 Å². The van der Waals surface area contributed by atoms with Crippen molar-refractivity contribution < 1.29 is 29.3 Å². The Bertz CT molecular complexity index is 315. The zero-order valence-corrected chi connectivity index (χ0v) is 10.7. The molecule has 7 nitrogen and oxygen atoms in total. The molecule has 0 fully saturated rings. The molecule has 0 saturated carbocycles. The topological polar surface area (TPSA) is 113 Å². The molecule has 1 unspecified atom stereocenters. The number of methoxy groups -OCH3 is 1. The molecule has 0 aliphatic heterocycles. The molecule has 0 heterocycles. The molecule has 1 amide bonds. The lowest BCUT2D eigenvalue weighted by Gasteiger charge is -2.18. The van der Waals surface area contributed by atoms with Gasteiger partial charge in [0, 0.05) is 0 Å². The number of aliphatic hydroxyl groups is 1. The van der Waals surface area contributed by atoms with Gasteiger partial charge in [0.2, 0.25) is 5.91 Å². The number of hydrogen-bond donors (Lipinski definition) is 3. The Morgan fingerprint density at radius 2 is 1.83 bits per heavy atom. The van der Waals surface area contributed by atoms with E-state index >= 15 is 0 Å². The summed E-state index contributed by atoms with van der Waals surface area (Å²) >= 11 is 0. The van der Waals surface area contributed by atoms with Crippen LogP contribution in [0.2, 0.25) is 0 Å². The quantitative estimate of drug-likeness (QED) is 0.416. The summed E-state index contributed by atoms with van der Waals surface area (Å²) < 4.78 is 4.50. The second-order valence-electron chi connectivity index (χ2n) is 4.29. The van der Waals surface area contributed by atoms with Crippen molar-refractivity contribution in [1.29, 1.82) is 0 Å². The number of amides is 1. The summed E-state index contributed by atoms with van der Waals surface area (Å²) in [6.07, 6.45) is 0.246. The molecule has 0 aliphatic carbocycles. The highest BCUT2D eigenvalue weighted by molar-refractivity contribution is 5.99. The van der Waals surface area contributed by atoms with E-state index in [1.165, 1.54) is 0 Å². The second-order valence-corrected chi connectivity index (χ2v) is 4.29. The third-order valence-corrected chi connectivity index (χ3v) is 2.31. The fourth-order valence-electron chi connectivity index (χ4n) is 1.38. The van der Waals surface area contributed by atoms with Crippen molar-refractivity contribution in [2.75, 3.05) is 13.7 Å². The van der Waals surface area contributed by atoms with Gasteiger partial charge in [0.1, 0.15) is 12.0 Å². The Morgan fingerprint density at radius 3 is 2.17 bits per heavy atom. The number of carboxylic acid groups (broad SMARTS) is 1. The summed E-state index contributed by atoms with van der Waals surface area (Å²) in [4.78, 5) is 33.9. The lowest BCUT2D eigenvalue weighted by molar-refractivity contribution is -0.153. The fourth-order valence-corrected chi connectivity index (χ4v) is 1.38. The number of carbonyl (C=O) groups is 3. The van der Waals surface area contributed by atoms with E-state index in [0.29, 0.717) is 0 Å². The van der Waals surface area contributed by atoms with Crippen molar-refractivity contribution in [2.45, 2.75) is 26.3 Å². The Balaban J connectivity index is 4.74. The highest BCUT2D eigenvalue weighted by Crippen LogP contribution is 2.13. The molecule has 0 radical (unpaired) electrons. The van der Waals surface area contributed by atoms with Crippen LogP contribution in [-0.2, 0) is 19.1 Å². The van der Waals surface area contributed by atoms with Gasteiger partial charge >= 0.3 is 11.9 Å². The summed E-state index contributed by atoms with van der Waals surface area (Å²) in [7, 11) is 1.16. The molecule has 0 aromatic carbocycles. The highest BCUT2D eigenvalue weighted by Gasteiger charge is 2.31. The van der Waals surface area contributed by atoms with Gasteiger partial charge in [0.15, 0.2) is 0 Å². The lowest BCUT2D eigenvalue weighted by atomic mass is 9.96. The molecule has 0 saturated heterocycles. The van der Waals surface area contributed by atoms with Gasteiger partial charge in [0.25, 0.3) is 0 Å². The van der Waals surface area contributed by atoms with Crippen LogP contribution in [-0.4, -0.2) is 47.8 Å². The summed E-state index contributed by atoms with van der Waals surface area (Å²) in [6, 6.07) is -1.42. The first-order valence-electron chi connectivity index (χ1n) is 5.55. The molecular formula is C11H19NO6. The molecule has 7 heteroatoms. The number of hydrogen-bond acceptors (Lipinski definition) is 5. The first-order chi connectivity index (χ1) is 8.33. The van der Waals surface area contributed by atoms with Crippen LogP contribution in [0.25, 0.3) is 0 Å². The number of aliphatic hydroxyl groups excluding tert-OH is 1. The average molecular weight is 261 g/mol. The highest BCUT2D eigenvalue weighted by atomic mass is 16.5. The van der Waals surface area contributed by atoms with Crippen molar-refractivity contribution in [2.24, 2.45) is 11.8 Å². The van der Waals surface area contributed by atoms with Crippen LogP contribution in [0.4, 0.5) is 0 Å². The maximum atomic E-state index is 11.8. The number of carboxylic acids is 1. The van der Waals surface area contributed by atoms with Crippen molar-refractivity contribution in [3.63, 3.8) is 0 Å². The van der Waals surface area contributed by atoms with Crippen LogP contribution in [0.1, 0.15) is 20.3 Å². The molecule has 0 spiro atoms. The van der Waals surface area contributed by atoms with Crippen LogP contribution < -0.4 is 5.32 Å². The van der Waals surface area contributed by atoms with Crippen LogP contribution in [0.5, 0.6) is 0 Å². The summed E-state index contributed by atoms with van der Waals surface area (Å²) in [5.74, 6) is -3.83. The molecule has 0 aromatic heterocycles. The second kappa shape index (κ2) is 7.65. The normalized spacial score (nSPS) is 13.8. The standard InChI is InChI=1S/C11H19NO6/c1-6(2)4-7(11(17)18-3)9(14)12-8(5-13)10(15)16/h6-8,13H,4-5H2,1-3H3,(H,12,14)(H,15,16)/t7?,8-/m1/s1. The van der Waals surface area contributed by atoms with Crippen LogP contribution in [0.3, 0.4) is 0 Å². The lowest BCUT2D eigenvalue weighted by Crippen LogP contribution is -2.47. The third-order valence-electron chi connectivity index (χ3n) is 2.31. The molecule has 0 rings (SSSR count). The van der Waals surface area contributed by atoms with E-state index in [-0.39, 0.29) is 12.3 Å². The van der Waals surface area contributed by atoms with Crippen molar-refractivity contribution in [3.8, 4) is 0 Å². The van der Waals surface area contributed by atoms with E-state index in [0.717, 1.165) is 7.11 Å². The SMILES string of the molecule is COC(=O)C(CC(C)C)C(=O)N[C@H](CO)C(=O)O. The van der Waals surface area contributed by atoms with Crippen molar-refractivity contribution in [1.82, 2.24) is 5.32 Å². The first-order valence-corrected chi connectivity index (χ1v) is 5.55. The van der Waals surface area contributed by atoms with Gasteiger partial charge in [-0.15, -0.1) is 0 Å². The Hall–Kier alpha value is -1.63. The zero-order chi connectivity index (χ0) is 14.3. The molecule has 3 N–H and O–H groups in total. The summed E-state index contributed by atoms with van der Waals surface area (Å²) in [5.41, 5.74) is 0. The molecule has 18 heavy (non-hydrogen) atoms. The van der Waals surface area contributed by atoms with E-state index in [1.54, 1.807) is 0 Å². The zero-order valence-electron chi connectivity index (χ0n) is 10.7. The Kier molecular flexibility index (Phi) is 6.96. The number of ether oxygens (including phenoxy) is 1. The van der Waals surface area contributed by atoms with Crippen molar-refractivity contribution >= 4 is 17.8 Å². The number of carbonyl (C=O) groups excluding carboxylic acids is 2. The average Bonchev–Trinajstić information content (AvgIpc) is 2.30. The minimum Gasteiger partial charge on any atom is -0.480 e. The van der Waals surface area contributed by atoms with Gasteiger partial charge in [0.05, 0.1) is 13.7 Å². The molecule has 0 bridgehead atoms. The monoisotopic (exact) mass is 261 g/mol. The molecule has 2 atom stereocenters. The molecular weight excluding hydrogens is 242 g/mol. The summed E-state index contributed by atoms with van der Waals surface area (Å²) in [6.45, 7) is 2.91. The van der Waals surface area contributed by atoms with Gasteiger partial charge in [-0.1, -0.05) is 13.8 Å². The minimum atomic E-state index is -1.42.